The molecule has 0 aromatic rings. The van der Waals surface area contributed by atoms with Crippen LogP contribution in [0.5, 0.6) is 0 Å². The second-order valence-corrected chi connectivity index (χ2v) is 3.79. The Kier molecular flexibility index (Phi) is 6.99. The molecule has 0 aliphatic carbocycles. The van der Waals surface area contributed by atoms with Crippen molar-refractivity contribution < 1.29 is 14.3 Å². The predicted molar refractivity (Wildman–Crippen MR) is 58.2 cm³/mol. The zero-order chi connectivity index (χ0) is 10.3. The first-order chi connectivity index (χ1) is 6.11. The zero-order valence-corrected chi connectivity index (χ0v) is 9.67. The minimum Gasteiger partial charge on any atom is -0.487 e. The molecule has 0 heterocycles. The van der Waals surface area contributed by atoms with Crippen molar-refractivity contribution in [1.29, 1.82) is 0 Å². The Morgan fingerprint density at radius 1 is 1.62 bits per heavy atom. The molecule has 0 aliphatic heterocycles. The summed E-state index contributed by atoms with van der Waals surface area (Å²) in [6.07, 6.45) is 2.30. The van der Waals surface area contributed by atoms with E-state index < -0.39 is 0 Å². The highest BCUT2D eigenvalue weighted by molar-refractivity contribution is 7.98. The molecule has 1 unspecified atom stereocenters. The molecule has 0 amide bonds. The van der Waals surface area contributed by atoms with E-state index in [1.165, 1.54) is 14.0 Å². The van der Waals surface area contributed by atoms with Gasteiger partial charge in [0.2, 0.25) is 5.05 Å². The standard InChI is InChI=1S/C8H14O3S2/c1-6(9)11-7(4-5-13-3)8(12)10-2/h7H,4-5H2,1-3H3. The van der Waals surface area contributed by atoms with E-state index in [0.29, 0.717) is 11.5 Å². The van der Waals surface area contributed by atoms with E-state index in [-0.39, 0.29) is 12.1 Å². The number of rotatable bonds is 5. The lowest BCUT2D eigenvalue weighted by molar-refractivity contribution is -0.143. The minimum atomic E-state index is -0.384. The monoisotopic (exact) mass is 222 g/mol. The molecule has 0 aromatic carbocycles. The molecular weight excluding hydrogens is 208 g/mol. The lowest BCUT2D eigenvalue weighted by atomic mass is 10.3. The van der Waals surface area contributed by atoms with E-state index in [1.54, 1.807) is 11.8 Å². The van der Waals surface area contributed by atoms with Crippen LogP contribution in [-0.4, -0.2) is 36.2 Å². The van der Waals surface area contributed by atoms with Gasteiger partial charge in [-0.25, -0.2) is 0 Å². The van der Waals surface area contributed by atoms with Gasteiger partial charge in [-0.05, 0) is 24.2 Å². The summed E-state index contributed by atoms with van der Waals surface area (Å²) in [6.45, 7) is 1.37. The first-order valence-electron chi connectivity index (χ1n) is 3.85. The fraction of sp³-hybridized carbons (Fsp3) is 0.750. The maximum atomic E-state index is 10.7. The van der Waals surface area contributed by atoms with Gasteiger partial charge in [0.15, 0.2) is 6.10 Å². The van der Waals surface area contributed by atoms with Gasteiger partial charge in [0, 0.05) is 13.3 Å². The van der Waals surface area contributed by atoms with Crippen molar-refractivity contribution in [3.05, 3.63) is 0 Å². The number of ether oxygens (including phenoxy) is 2. The summed E-state index contributed by atoms with van der Waals surface area (Å²) in [5.41, 5.74) is 0. The van der Waals surface area contributed by atoms with E-state index in [1.807, 2.05) is 6.26 Å². The zero-order valence-electron chi connectivity index (χ0n) is 8.03. The fourth-order valence-corrected chi connectivity index (χ4v) is 1.40. The molecule has 0 fully saturated rings. The van der Waals surface area contributed by atoms with Gasteiger partial charge in [0.25, 0.3) is 0 Å². The van der Waals surface area contributed by atoms with Crippen LogP contribution in [0.3, 0.4) is 0 Å². The topological polar surface area (TPSA) is 35.5 Å². The molecule has 13 heavy (non-hydrogen) atoms. The number of hydrogen-bond acceptors (Lipinski definition) is 5. The van der Waals surface area contributed by atoms with Crippen molar-refractivity contribution >= 4 is 35.0 Å². The summed E-state index contributed by atoms with van der Waals surface area (Å²) in [4.78, 5) is 10.7. The third-order valence-electron chi connectivity index (χ3n) is 1.36. The molecule has 0 saturated carbocycles. The average Bonchev–Trinajstić information content (AvgIpc) is 2.10. The van der Waals surface area contributed by atoms with Gasteiger partial charge in [-0.15, -0.1) is 0 Å². The van der Waals surface area contributed by atoms with E-state index in [0.717, 1.165) is 5.75 Å². The predicted octanol–water partition coefficient (Wildman–Crippen LogP) is 1.65. The number of carbonyl (C=O) groups excluding carboxylic acids is 1. The highest BCUT2D eigenvalue weighted by Gasteiger charge is 2.17. The molecule has 0 saturated heterocycles. The molecule has 0 aromatic heterocycles. The molecule has 0 N–H and O–H groups in total. The van der Waals surface area contributed by atoms with Gasteiger partial charge in [0.05, 0.1) is 7.11 Å². The molecular formula is C8H14O3S2. The quantitative estimate of drug-likeness (QED) is 0.522. The SMILES string of the molecule is COC(=S)C(CCSC)OC(C)=O. The van der Waals surface area contributed by atoms with E-state index in [2.05, 4.69) is 0 Å². The third-order valence-corrected chi connectivity index (χ3v) is 2.43. The van der Waals surface area contributed by atoms with Crippen LogP contribution in [0.1, 0.15) is 13.3 Å². The van der Waals surface area contributed by atoms with E-state index in [9.17, 15) is 4.79 Å². The average molecular weight is 222 g/mol. The number of esters is 1. The summed E-state index contributed by atoms with van der Waals surface area (Å²) < 4.78 is 9.84. The smallest absolute Gasteiger partial charge is 0.303 e. The number of hydrogen-bond donors (Lipinski definition) is 0. The van der Waals surface area contributed by atoms with Crippen LogP contribution in [0.25, 0.3) is 0 Å². The molecule has 0 radical (unpaired) electrons. The van der Waals surface area contributed by atoms with Crippen LogP contribution >= 0.6 is 24.0 Å². The summed E-state index contributed by atoms with van der Waals surface area (Å²) in [5, 5.41) is 0.337. The van der Waals surface area contributed by atoms with Crippen molar-refractivity contribution in [2.24, 2.45) is 0 Å². The van der Waals surface area contributed by atoms with Gasteiger partial charge in [-0.2, -0.15) is 11.8 Å². The molecule has 0 aliphatic rings. The Morgan fingerprint density at radius 2 is 2.23 bits per heavy atom. The van der Waals surface area contributed by atoms with E-state index >= 15 is 0 Å². The van der Waals surface area contributed by atoms with Crippen LogP contribution in [0.15, 0.2) is 0 Å². The van der Waals surface area contributed by atoms with Crippen LogP contribution in [0.2, 0.25) is 0 Å². The van der Waals surface area contributed by atoms with Crippen LogP contribution in [0.4, 0.5) is 0 Å². The molecule has 5 heteroatoms. The Morgan fingerprint density at radius 3 is 2.62 bits per heavy atom. The van der Waals surface area contributed by atoms with Crippen LogP contribution < -0.4 is 0 Å². The molecule has 0 rings (SSSR count). The van der Waals surface area contributed by atoms with Crippen molar-refractivity contribution in [1.82, 2.24) is 0 Å². The maximum absolute atomic E-state index is 10.7. The first kappa shape index (κ1) is 12.7. The number of thiocarbonyl (C=S) groups is 1. The van der Waals surface area contributed by atoms with Crippen molar-refractivity contribution in [3.8, 4) is 0 Å². The van der Waals surface area contributed by atoms with Gasteiger partial charge in [0.1, 0.15) is 0 Å². The highest BCUT2D eigenvalue weighted by atomic mass is 32.2. The summed E-state index contributed by atoms with van der Waals surface area (Å²) in [5.74, 6) is 0.562. The first-order valence-corrected chi connectivity index (χ1v) is 5.66. The lowest BCUT2D eigenvalue weighted by Gasteiger charge is -2.15. The van der Waals surface area contributed by atoms with E-state index in [4.69, 9.17) is 21.7 Å². The Bertz CT molecular complexity index is 182. The number of thioether (sulfide) groups is 1. The Hall–Kier alpha value is -0.290. The Balaban J connectivity index is 4.02. The van der Waals surface area contributed by atoms with Crippen molar-refractivity contribution in [3.63, 3.8) is 0 Å². The molecule has 1 atom stereocenters. The van der Waals surface area contributed by atoms with Crippen molar-refractivity contribution in [2.75, 3.05) is 19.1 Å². The summed E-state index contributed by atoms with van der Waals surface area (Å²) in [6, 6.07) is 0. The summed E-state index contributed by atoms with van der Waals surface area (Å²) >= 11 is 6.58. The second-order valence-electron chi connectivity index (χ2n) is 2.40. The molecule has 76 valence electrons. The van der Waals surface area contributed by atoms with Crippen LogP contribution in [0, 0.1) is 0 Å². The van der Waals surface area contributed by atoms with Gasteiger partial charge in [-0.3, -0.25) is 4.79 Å². The largest absolute Gasteiger partial charge is 0.487 e. The van der Waals surface area contributed by atoms with Crippen molar-refractivity contribution in [2.45, 2.75) is 19.4 Å². The van der Waals surface area contributed by atoms with Gasteiger partial charge in [-0.1, -0.05) is 0 Å². The fourth-order valence-electron chi connectivity index (χ4n) is 0.782. The normalized spacial score (nSPS) is 11.9. The van der Waals surface area contributed by atoms with Gasteiger partial charge >= 0.3 is 5.97 Å². The van der Waals surface area contributed by atoms with Crippen LogP contribution in [-0.2, 0) is 14.3 Å². The lowest BCUT2D eigenvalue weighted by Crippen LogP contribution is -2.26. The maximum Gasteiger partial charge on any atom is 0.303 e. The number of carbonyl (C=O) groups is 1. The third kappa shape index (κ3) is 5.87. The molecule has 0 spiro atoms. The second kappa shape index (κ2) is 7.15. The summed E-state index contributed by atoms with van der Waals surface area (Å²) in [7, 11) is 1.48. The number of methoxy groups -OCH3 is 1. The minimum absolute atomic E-state index is 0.328. The van der Waals surface area contributed by atoms with Gasteiger partial charge < -0.3 is 9.47 Å². The molecule has 0 bridgehead atoms. The Labute approximate surface area is 88.2 Å². The highest BCUT2D eigenvalue weighted by Crippen LogP contribution is 2.07. The molecule has 3 nitrogen and oxygen atoms in total.